The van der Waals surface area contributed by atoms with Gasteiger partial charge in [0, 0.05) is 36.8 Å². The van der Waals surface area contributed by atoms with Crippen LogP contribution in [0.4, 0.5) is 5.69 Å². The number of halogens is 2. The number of anilines is 1. The zero-order valence-electron chi connectivity index (χ0n) is 14.9. The number of quaternary nitrogens is 1. The van der Waals surface area contributed by atoms with Gasteiger partial charge in [-0.15, -0.1) is 0 Å². The van der Waals surface area contributed by atoms with E-state index in [0.717, 1.165) is 47.5 Å². The van der Waals surface area contributed by atoms with Gasteiger partial charge >= 0.3 is 0 Å². The van der Waals surface area contributed by atoms with Crippen LogP contribution in [-0.4, -0.2) is 43.5 Å². The van der Waals surface area contributed by atoms with Crippen molar-refractivity contribution >= 4 is 34.8 Å². The molecule has 138 valence electrons. The molecule has 26 heavy (non-hydrogen) atoms. The molecule has 0 bridgehead atoms. The lowest BCUT2D eigenvalue weighted by atomic mass is 10.1. The summed E-state index contributed by atoms with van der Waals surface area (Å²) in [5.41, 5.74) is 2.18. The van der Waals surface area contributed by atoms with Crippen LogP contribution in [0.3, 0.4) is 0 Å². The Morgan fingerprint density at radius 1 is 1.08 bits per heavy atom. The topological polar surface area (TPSA) is 40.2 Å². The summed E-state index contributed by atoms with van der Waals surface area (Å²) >= 11 is 12.3. The van der Waals surface area contributed by atoms with Gasteiger partial charge in [0.05, 0.1) is 10.7 Å². The SMILES string of the molecule is C[C@H]([NH2+]CC(=O)N1CCN(c2ccccc2Cl)CC1)c1cccc(Cl)c1. The molecule has 2 N–H and O–H groups in total. The van der Waals surface area contributed by atoms with Crippen molar-refractivity contribution in [1.29, 1.82) is 0 Å². The van der Waals surface area contributed by atoms with Crippen molar-refractivity contribution in [1.82, 2.24) is 4.90 Å². The van der Waals surface area contributed by atoms with Gasteiger partial charge in [-0.1, -0.05) is 47.5 Å². The molecule has 2 aromatic carbocycles. The maximum absolute atomic E-state index is 12.5. The van der Waals surface area contributed by atoms with Gasteiger partial charge in [-0.25, -0.2) is 0 Å². The highest BCUT2D eigenvalue weighted by Gasteiger charge is 2.23. The van der Waals surface area contributed by atoms with E-state index < -0.39 is 0 Å². The minimum absolute atomic E-state index is 0.178. The van der Waals surface area contributed by atoms with E-state index in [1.54, 1.807) is 0 Å². The average molecular weight is 393 g/mol. The molecule has 4 nitrogen and oxygen atoms in total. The first-order valence-electron chi connectivity index (χ1n) is 8.90. The number of amides is 1. The summed E-state index contributed by atoms with van der Waals surface area (Å²) in [5, 5.41) is 3.55. The van der Waals surface area contributed by atoms with E-state index in [0.29, 0.717) is 6.54 Å². The molecule has 0 aromatic heterocycles. The minimum atomic E-state index is 0.178. The second kappa shape index (κ2) is 8.76. The van der Waals surface area contributed by atoms with Gasteiger partial charge < -0.3 is 15.1 Å². The Morgan fingerprint density at radius 3 is 2.50 bits per heavy atom. The summed E-state index contributed by atoms with van der Waals surface area (Å²) in [6.07, 6.45) is 0. The van der Waals surface area contributed by atoms with E-state index in [1.807, 2.05) is 53.4 Å². The summed E-state index contributed by atoms with van der Waals surface area (Å²) in [7, 11) is 0. The smallest absolute Gasteiger partial charge is 0.277 e. The molecule has 1 amide bonds. The van der Waals surface area contributed by atoms with Gasteiger partial charge in [-0.05, 0) is 31.2 Å². The monoisotopic (exact) mass is 392 g/mol. The number of carbonyl (C=O) groups is 1. The van der Waals surface area contributed by atoms with E-state index in [1.165, 1.54) is 0 Å². The summed E-state index contributed by atoms with van der Waals surface area (Å²) in [4.78, 5) is 16.7. The number of benzene rings is 2. The lowest BCUT2D eigenvalue weighted by Crippen LogP contribution is -2.87. The first-order chi connectivity index (χ1) is 12.5. The van der Waals surface area contributed by atoms with Crippen molar-refractivity contribution < 1.29 is 10.1 Å². The molecule has 1 heterocycles. The molecule has 1 atom stereocenters. The Kier molecular flexibility index (Phi) is 6.41. The lowest BCUT2D eigenvalue weighted by molar-refractivity contribution is -0.683. The number of nitrogens with zero attached hydrogens (tertiary/aromatic N) is 2. The highest BCUT2D eigenvalue weighted by Crippen LogP contribution is 2.26. The Morgan fingerprint density at radius 2 is 1.81 bits per heavy atom. The zero-order chi connectivity index (χ0) is 18.5. The molecule has 1 aliphatic heterocycles. The first kappa shape index (κ1) is 19.0. The number of nitrogens with two attached hydrogens (primary N) is 1. The molecule has 3 rings (SSSR count). The normalized spacial score (nSPS) is 15.8. The van der Waals surface area contributed by atoms with E-state index in [-0.39, 0.29) is 11.9 Å². The third-order valence-corrected chi connectivity index (χ3v) is 5.40. The average Bonchev–Trinajstić information content (AvgIpc) is 2.66. The van der Waals surface area contributed by atoms with E-state index in [4.69, 9.17) is 23.2 Å². The third-order valence-electron chi connectivity index (χ3n) is 4.85. The minimum Gasteiger partial charge on any atom is -0.367 e. The van der Waals surface area contributed by atoms with Crippen LogP contribution in [0.1, 0.15) is 18.5 Å². The zero-order valence-corrected chi connectivity index (χ0v) is 16.4. The lowest BCUT2D eigenvalue weighted by Gasteiger charge is -2.36. The number of hydrogen-bond donors (Lipinski definition) is 1. The summed E-state index contributed by atoms with van der Waals surface area (Å²) in [6, 6.07) is 15.9. The van der Waals surface area contributed by atoms with Gasteiger partial charge in [-0.2, -0.15) is 0 Å². The standard InChI is InChI=1S/C20H23Cl2N3O/c1-15(16-5-4-6-17(21)13-16)23-14-20(26)25-11-9-24(10-12-25)19-8-3-2-7-18(19)22/h2-8,13,15,23H,9-12,14H2,1H3/p+1/t15-/m0/s1. The fraction of sp³-hybridized carbons (Fsp3) is 0.350. The number of piperazine rings is 1. The van der Waals surface area contributed by atoms with Gasteiger partial charge in [-0.3, -0.25) is 4.79 Å². The van der Waals surface area contributed by atoms with Crippen LogP contribution in [-0.2, 0) is 4.79 Å². The molecule has 1 aliphatic rings. The Labute approximate surface area is 164 Å². The van der Waals surface area contributed by atoms with Crippen molar-refractivity contribution in [3.05, 3.63) is 64.1 Å². The Hall–Kier alpha value is -1.75. The predicted molar refractivity (Wildman–Crippen MR) is 107 cm³/mol. The largest absolute Gasteiger partial charge is 0.367 e. The van der Waals surface area contributed by atoms with E-state index in [2.05, 4.69) is 17.1 Å². The number of carbonyl (C=O) groups excluding carboxylic acids is 1. The predicted octanol–water partition coefficient (Wildman–Crippen LogP) is 2.97. The van der Waals surface area contributed by atoms with Gasteiger partial charge in [0.15, 0.2) is 6.54 Å². The summed E-state index contributed by atoms with van der Waals surface area (Å²) in [5.74, 6) is 0.178. The molecule has 0 saturated carbocycles. The third kappa shape index (κ3) is 4.70. The van der Waals surface area contributed by atoms with Crippen LogP contribution in [0.2, 0.25) is 10.0 Å². The highest BCUT2D eigenvalue weighted by atomic mass is 35.5. The molecular formula is C20H24Cl2N3O+. The first-order valence-corrected chi connectivity index (χ1v) is 9.66. The molecule has 0 radical (unpaired) electrons. The van der Waals surface area contributed by atoms with Gasteiger partial charge in [0.1, 0.15) is 6.04 Å². The molecular weight excluding hydrogens is 369 g/mol. The Bertz CT molecular complexity index is 760. The van der Waals surface area contributed by atoms with Crippen molar-refractivity contribution in [2.75, 3.05) is 37.6 Å². The number of hydrogen-bond acceptors (Lipinski definition) is 2. The molecule has 0 unspecified atom stereocenters. The number of para-hydroxylation sites is 1. The van der Waals surface area contributed by atoms with Crippen LogP contribution in [0.15, 0.2) is 48.5 Å². The van der Waals surface area contributed by atoms with E-state index >= 15 is 0 Å². The van der Waals surface area contributed by atoms with Gasteiger partial charge in [0.25, 0.3) is 5.91 Å². The second-order valence-electron chi connectivity index (χ2n) is 6.60. The van der Waals surface area contributed by atoms with Crippen LogP contribution in [0, 0.1) is 0 Å². The van der Waals surface area contributed by atoms with Crippen LogP contribution in [0.5, 0.6) is 0 Å². The van der Waals surface area contributed by atoms with Crippen LogP contribution >= 0.6 is 23.2 Å². The quantitative estimate of drug-likeness (QED) is 0.849. The molecule has 0 spiro atoms. The fourth-order valence-corrected chi connectivity index (χ4v) is 3.69. The van der Waals surface area contributed by atoms with Gasteiger partial charge in [0.2, 0.25) is 0 Å². The highest BCUT2D eigenvalue weighted by molar-refractivity contribution is 6.33. The number of rotatable bonds is 5. The molecule has 1 fully saturated rings. The molecule has 6 heteroatoms. The van der Waals surface area contributed by atoms with E-state index in [9.17, 15) is 4.79 Å². The second-order valence-corrected chi connectivity index (χ2v) is 7.45. The molecule has 0 aliphatic carbocycles. The molecule has 1 saturated heterocycles. The van der Waals surface area contributed by atoms with Crippen molar-refractivity contribution in [3.63, 3.8) is 0 Å². The fourth-order valence-electron chi connectivity index (χ4n) is 3.24. The molecule has 2 aromatic rings. The van der Waals surface area contributed by atoms with Crippen molar-refractivity contribution in [2.24, 2.45) is 0 Å². The Balaban J connectivity index is 1.49. The van der Waals surface area contributed by atoms with Crippen molar-refractivity contribution in [2.45, 2.75) is 13.0 Å². The van der Waals surface area contributed by atoms with Crippen molar-refractivity contribution in [3.8, 4) is 0 Å². The van der Waals surface area contributed by atoms with Crippen LogP contribution in [0.25, 0.3) is 0 Å². The maximum atomic E-state index is 12.5. The van der Waals surface area contributed by atoms with Crippen LogP contribution < -0.4 is 10.2 Å². The summed E-state index contributed by atoms with van der Waals surface area (Å²) in [6.45, 7) is 5.60. The maximum Gasteiger partial charge on any atom is 0.277 e. The summed E-state index contributed by atoms with van der Waals surface area (Å²) < 4.78 is 0.